The lowest BCUT2D eigenvalue weighted by molar-refractivity contribution is 0.0787. The molecule has 3 heterocycles. The average molecular weight is 365 g/mol. The maximum Gasteiger partial charge on any atom is 0.270 e. The molecule has 24 heavy (non-hydrogen) atoms. The molecule has 0 saturated carbocycles. The number of aromatic nitrogens is 3. The van der Waals surface area contributed by atoms with Crippen molar-refractivity contribution in [2.24, 2.45) is 0 Å². The van der Waals surface area contributed by atoms with Crippen molar-refractivity contribution < 1.29 is 9.59 Å². The standard InChI is InChI=1S/C15H19N5O2S2/c1-2-16-14-18-19-15(24-14)23-9-12(21)10-7-11(17-8-10)13(22)20-5-3-4-6-20/h7-8,17H,2-6,9H2,1H3,(H,16,18). The highest BCUT2D eigenvalue weighted by atomic mass is 32.2. The van der Waals surface area contributed by atoms with Crippen molar-refractivity contribution >= 4 is 39.9 Å². The van der Waals surface area contributed by atoms with Gasteiger partial charge in [-0.2, -0.15) is 0 Å². The summed E-state index contributed by atoms with van der Waals surface area (Å²) in [6.45, 7) is 4.37. The quantitative estimate of drug-likeness (QED) is 0.579. The largest absolute Gasteiger partial charge is 0.360 e. The first kappa shape index (κ1) is 17.0. The molecule has 0 aliphatic carbocycles. The van der Waals surface area contributed by atoms with Gasteiger partial charge in [0, 0.05) is 31.4 Å². The molecular weight excluding hydrogens is 346 g/mol. The number of nitrogens with one attached hydrogen (secondary N) is 2. The second kappa shape index (κ2) is 7.80. The van der Waals surface area contributed by atoms with Gasteiger partial charge < -0.3 is 15.2 Å². The molecule has 2 N–H and O–H groups in total. The van der Waals surface area contributed by atoms with Crippen LogP contribution in [-0.4, -0.2) is 57.2 Å². The van der Waals surface area contributed by atoms with Crippen molar-refractivity contribution in [3.8, 4) is 0 Å². The number of rotatable bonds is 7. The van der Waals surface area contributed by atoms with Crippen LogP contribution >= 0.6 is 23.1 Å². The number of likely N-dealkylation sites (tertiary alicyclic amines) is 1. The van der Waals surface area contributed by atoms with E-state index in [4.69, 9.17) is 0 Å². The minimum Gasteiger partial charge on any atom is -0.360 e. The van der Waals surface area contributed by atoms with Crippen LogP contribution in [0.3, 0.4) is 0 Å². The fraction of sp³-hybridized carbons (Fsp3) is 0.467. The number of carbonyl (C=O) groups is 2. The summed E-state index contributed by atoms with van der Waals surface area (Å²) in [4.78, 5) is 29.3. The van der Waals surface area contributed by atoms with Crippen molar-refractivity contribution in [1.29, 1.82) is 0 Å². The minimum atomic E-state index is -0.0306. The average Bonchev–Trinajstić information content (AvgIpc) is 3.32. The summed E-state index contributed by atoms with van der Waals surface area (Å²) in [5.74, 6) is 0.214. The van der Waals surface area contributed by atoms with Gasteiger partial charge >= 0.3 is 0 Å². The molecular formula is C15H19N5O2S2. The third-order valence-electron chi connectivity index (χ3n) is 3.69. The molecule has 1 aliphatic heterocycles. The number of hydrogen-bond donors (Lipinski definition) is 2. The first-order valence-electron chi connectivity index (χ1n) is 7.88. The van der Waals surface area contributed by atoms with Gasteiger partial charge in [0.2, 0.25) is 5.13 Å². The van der Waals surface area contributed by atoms with Crippen LogP contribution in [0.5, 0.6) is 0 Å². The third kappa shape index (κ3) is 3.96. The number of thioether (sulfide) groups is 1. The predicted octanol–water partition coefficient (Wildman–Crippen LogP) is 2.51. The number of amides is 1. The van der Waals surface area contributed by atoms with Crippen LogP contribution in [-0.2, 0) is 0 Å². The SMILES string of the molecule is CCNc1nnc(SCC(=O)c2c[nH]c(C(=O)N3CCCC3)c2)s1. The van der Waals surface area contributed by atoms with E-state index in [0.29, 0.717) is 11.3 Å². The van der Waals surface area contributed by atoms with Gasteiger partial charge in [-0.05, 0) is 25.8 Å². The molecule has 0 spiro atoms. The van der Waals surface area contributed by atoms with Crippen molar-refractivity contribution in [2.75, 3.05) is 30.7 Å². The zero-order valence-electron chi connectivity index (χ0n) is 13.4. The Bertz CT molecular complexity index is 721. The zero-order valence-corrected chi connectivity index (χ0v) is 15.0. The van der Waals surface area contributed by atoms with E-state index >= 15 is 0 Å². The molecule has 2 aromatic rings. The predicted molar refractivity (Wildman–Crippen MR) is 95.1 cm³/mol. The molecule has 128 valence electrons. The van der Waals surface area contributed by atoms with Crippen molar-refractivity contribution in [1.82, 2.24) is 20.1 Å². The molecule has 9 heteroatoms. The van der Waals surface area contributed by atoms with E-state index in [2.05, 4.69) is 20.5 Å². The molecule has 1 saturated heterocycles. The molecule has 0 aromatic carbocycles. The smallest absolute Gasteiger partial charge is 0.270 e. The highest BCUT2D eigenvalue weighted by Gasteiger charge is 2.21. The number of aromatic amines is 1. The molecule has 3 rings (SSSR count). The first-order valence-corrected chi connectivity index (χ1v) is 9.68. The second-order valence-corrected chi connectivity index (χ2v) is 7.62. The van der Waals surface area contributed by atoms with Gasteiger partial charge in [-0.15, -0.1) is 10.2 Å². The van der Waals surface area contributed by atoms with Crippen LogP contribution in [0.15, 0.2) is 16.6 Å². The van der Waals surface area contributed by atoms with E-state index in [1.807, 2.05) is 11.8 Å². The highest BCUT2D eigenvalue weighted by molar-refractivity contribution is 8.01. The van der Waals surface area contributed by atoms with E-state index in [1.165, 1.54) is 23.1 Å². The molecule has 1 fully saturated rings. The number of anilines is 1. The van der Waals surface area contributed by atoms with Crippen molar-refractivity contribution in [3.63, 3.8) is 0 Å². The van der Waals surface area contributed by atoms with E-state index < -0.39 is 0 Å². The Labute approximate surface area is 148 Å². The Morgan fingerprint density at radius 3 is 2.92 bits per heavy atom. The number of nitrogens with zero attached hydrogens (tertiary/aromatic N) is 3. The van der Waals surface area contributed by atoms with Gasteiger partial charge in [-0.3, -0.25) is 9.59 Å². The van der Waals surface area contributed by atoms with Gasteiger partial charge in [-0.25, -0.2) is 0 Å². The maximum absolute atomic E-state index is 12.3. The van der Waals surface area contributed by atoms with Crippen LogP contribution in [0.25, 0.3) is 0 Å². The van der Waals surface area contributed by atoms with Gasteiger partial charge in [0.1, 0.15) is 5.69 Å². The monoisotopic (exact) mass is 365 g/mol. The molecule has 0 bridgehead atoms. The van der Waals surface area contributed by atoms with E-state index in [-0.39, 0.29) is 17.4 Å². The normalized spacial score (nSPS) is 14.1. The lowest BCUT2D eigenvalue weighted by atomic mass is 10.2. The molecule has 0 atom stereocenters. The molecule has 1 aliphatic rings. The van der Waals surface area contributed by atoms with Crippen LogP contribution in [0.2, 0.25) is 0 Å². The lowest BCUT2D eigenvalue weighted by Gasteiger charge is -2.13. The van der Waals surface area contributed by atoms with Gasteiger partial charge in [0.05, 0.1) is 5.75 Å². The van der Waals surface area contributed by atoms with E-state index in [0.717, 1.165) is 41.9 Å². The Morgan fingerprint density at radius 2 is 2.17 bits per heavy atom. The van der Waals surface area contributed by atoms with Gasteiger partial charge in [0.15, 0.2) is 10.1 Å². The second-order valence-electron chi connectivity index (χ2n) is 5.42. The number of H-pyrrole nitrogens is 1. The molecule has 1 amide bonds. The Morgan fingerprint density at radius 1 is 1.38 bits per heavy atom. The fourth-order valence-electron chi connectivity index (χ4n) is 2.47. The summed E-state index contributed by atoms with van der Waals surface area (Å²) in [7, 11) is 0. The maximum atomic E-state index is 12.3. The number of carbonyl (C=O) groups excluding carboxylic acids is 2. The van der Waals surface area contributed by atoms with Crippen molar-refractivity contribution in [2.45, 2.75) is 24.1 Å². The summed E-state index contributed by atoms with van der Waals surface area (Å²) < 4.78 is 0.753. The summed E-state index contributed by atoms with van der Waals surface area (Å²) >= 11 is 2.79. The summed E-state index contributed by atoms with van der Waals surface area (Å²) in [6, 6.07) is 1.65. The summed E-state index contributed by atoms with van der Waals surface area (Å²) in [5.41, 5.74) is 1.01. The van der Waals surface area contributed by atoms with Crippen LogP contribution in [0.1, 0.15) is 40.6 Å². The highest BCUT2D eigenvalue weighted by Crippen LogP contribution is 2.26. The minimum absolute atomic E-state index is 0.0291. The molecule has 0 unspecified atom stereocenters. The lowest BCUT2D eigenvalue weighted by Crippen LogP contribution is -2.27. The van der Waals surface area contributed by atoms with Gasteiger partial charge in [-0.1, -0.05) is 23.1 Å². The number of ketones is 1. The van der Waals surface area contributed by atoms with E-state index in [1.54, 1.807) is 12.3 Å². The zero-order chi connectivity index (χ0) is 16.9. The van der Waals surface area contributed by atoms with E-state index in [9.17, 15) is 9.59 Å². The Kier molecular flexibility index (Phi) is 5.52. The molecule has 0 radical (unpaired) electrons. The molecule has 7 nitrogen and oxygen atoms in total. The first-order chi connectivity index (χ1) is 11.7. The Hall–Kier alpha value is -1.87. The van der Waals surface area contributed by atoms with Crippen LogP contribution in [0, 0.1) is 0 Å². The summed E-state index contributed by atoms with van der Waals surface area (Å²) in [5, 5.41) is 11.9. The summed E-state index contributed by atoms with van der Waals surface area (Å²) in [6.07, 6.45) is 3.70. The number of Topliss-reactive ketones (excluding diaryl/α,β-unsaturated/α-hetero) is 1. The third-order valence-corrected chi connectivity index (χ3v) is 5.70. The van der Waals surface area contributed by atoms with Gasteiger partial charge in [0.25, 0.3) is 5.91 Å². The topological polar surface area (TPSA) is 91.0 Å². The van der Waals surface area contributed by atoms with Crippen LogP contribution in [0.4, 0.5) is 5.13 Å². The van der Waals surface area contributed by atoms with Crippen LogP contribution < -0.4 is 5.32 Å². The molecule has 2 aromatic heterocycles. The van der Waals surface area contributed by atoms with Crippen molar-refractivity contribution in [3.05, 3.63) is 23.5 Å². The Balaban J connectivity index is 1.56. The number of hydrogen-bond acceptors (Lipinski definition) is 7. The fourth-order valence-corrected chi connectivity index (χ4v) is 4.19.